The predicted octanol–water partition coefficient (Wildman–Crippen LogP) is 4.34. The molecule has 0 bridgehead atoms. The second-order valence-corrected chi connectivity index (χ2v) is 5.86. The fourth-order valence-corrected chi connectivity index (χ4v) is 1.90. The van der Waals surface area contributed by atoms with Crippen molar-refractivity contribution in [3.05, 3.63) is 42.0 Å². The van der Waals surface area contributed by atoms with Gasteiger partial charge >= 0.3 is 5.97 Å². The van der Waals surface area contributed by atoms with Crippen molar-refractivity contribution in [2.45, 2.75) is 45.4 Å². The molecule has 0 fully saturated rings. The van der Waals surface area contributed by atoms with Crippen LogP contribution in [0.15, 0.2) is 30.8 Å². The molecule has 0 atom stereocenters. The highest BCUT2D eigenvalue weighted by Crippen LogP contribution is 2.25. The van der Waals surface area contributed by atoms with Gasteiger partial charge in [-0.05, 0) is 35.0 Å². The molecular formula is C17H24O2. The van der Waals surface area contributed by atoms with E-state index in [-0.39, 0.29) is 11.4 Å². The number of benzene rings is 1. The van der Waals surface area contributed by atoms with Crippen LogP contribution >= 0.6 is 0 Å². The predicted molar refractivity (Wildman–Crippen MR) is 80.0 cm³/mol. The van der Waals surface area contributed by atoms with Gasteiger partial charge in [-0.25, -0.2) is 0 Å². The van der Waals surface area contributed by atoms with Gasteiger partial charge in [0, 0.05) is 6.42 Å². The van der Waals surface area contributed by atoms with Gasteiger partial charge in [-0.3, -0.25) is 4.79 Å². The fraction of sp³-hybridized carbons (Fsp3) is 0.471. The van der Waals surface area contributed by atoms with Crippen molar-refractivity contribution in [3.8, 4) is 0 Å². The van der Waals surface area contributed by atoms with Crippen molar-refractivity contribution >= 4 is 11.5 Å². The molecule has 1 aromatic carbocycles. The molecule has 0 amide bonds. The van der Waals surface area contributed by atoms with Crippen LogP contribution in [0.1, 0.15) is 51.2 Å². The molecule has 0 radical (unpaired) electrons. The number of hydrogen-bond acceptors (Lipinski definition) is 2. The van der Waals surface area contributed by atoms with E-state index in [9.17, 15) is 4.79 Å². The van der Waals surface area contributed by atoms with Crippen LogP contribution in [0.4, 0.5) is 0 Å². The molecule has 0 unspecified atom stereocenters. The molecule has 1 rings (SSSR count). The van der Waals surface area contributed by atoms with Crippen molar-refractivity contribution in [2.75, 3.05) is 7.11 Å². The lowest BCUT2D eigenvalue weighted by Crippen LogP contribution is -2.10. The van der Waals surface area contributed by atoms with Crippen LogP contribution in [0.3, 0.4) is 0 Å². The Kier molecular flexibility index (Phi) is 5.34. The summed E-state index contributed by atoms with van der Waals surface area (Å²) in [6.07, 6.45) is 2.06. The van der Waals surface area contributed by atoms with Crippen molar-refractivity contribution in [3.63, 3.8) is 0 Å². The molecule has 0 aliphatic heterocycles. The molecule has 19 heavy (non-hydrogen) atoms. The van der Waals surface area contributed by atoms with Gasteiger partial charge in [0.2, 0.25) is 0 Å². The van der Waals surface area contributed by atoms with Crippen molar-refractivity contribution < 1.29 is 9.53 Å². The molecule has 0 aromatic heterocycles. The van der Waals surface area contributed by atoms with Crippen molar-refractivity contribution in [1.29, 1.82) is 0 Å². The van der Waals surface area contributed by atoms with E-state index < -0.39 is 0 Å². The average molecular weight is 260 g/mol. The summed E-state index contributed by atoms with van der Waals surface area (Å²) in [7, 11) is 1.42. The first-order valence-corrected chi connectivity index (χ1v) is 6.70. The normalized spacial score (nSPS) is 11.2. The van der Waals surface area contributed by atoms with Gasteiger partial charge in [-0.1, -0.05) is 51.6 Å². The summed E-state index contributed by atoms with van der Waals surface area (Å²) in [4.78, 5) is 11.0. The Morgan fingerprint density at radius 2 is 1.74 bits per heavy atom. The van der Waals surface area contributed by atoms with Gasteiger partial charge in [-0.2, -0.15) is 0 Å². The van der Waals surface area contributed by atoms with Crippen LogP contribution in [0.2, 0.25) is 0 Å². The van der Waals surface area contributed by atoms with Gasteiger partial charge in [0.25, 0.3) is 0 Å². The topological polar surface area (TPSA) is 26.3 Å². The monoisotopic (exact) mass is 260 g/mol. The molecule has 2 heteroatoms. The molecule has 0 N–H and O–H groups in total. The maximum atomic E-state index is 11.0. The van der Waals surface area contributed by atoms with Crippen LogP contribution in [0.25, 0.3) is 5.57 Å². The fourth-order valence-electron chi connectivity index (χ4n) is 1.90. The number of esters is 1. The Morgan fingerprint density at radius 1 is 1.16 bits per heavy atom. The quantitative estimate of drug-likeness (QED) is 0.736. The minimum absolute atomic E-state index is 0.157. The van der Waals surface area contributed by atoms with Crippen LogP contribution in [0.5, 0.6) is 0 Å². The van der Waals surface area contributed by atoms with Gasteiger partial charge in [-0.15, -0.1) is 0 Å². The third-order valence-corrected chi connectivity index (χ3v) is 3.25. The molecule has 0 aliphatic rings. The Morgan fingerprint density at radius 3 is 2.21 bits per heavy atom. The Balaban J connectivity index is 2.56. The zero-order valence-corrected chi connectivity index (χ0v) is 12.5. The summed E-state index contributed by atoms with van der Waals surface area (Å²) in [6, 6.07) is 8.53. The third kappa shape index (κ3) is 4.90. The second kappa shape index (κ2) is 6.55. The number of rotatable bonds is 5. The molecule has 104 valence electrons. The summed E-state index contributed by atoms with van der Waals surface area (Å²) >= 11 is 0. The molecule has 0 saturated carbocycles. The van der Waals surface area contributed by atoms with Gasteiger partial charge < -0.3 is 4.74 Å². The van der Waals surface area contributed by atoms with Crippen LogP contribution < -0.4 is 0 Å². The van der Waals surface area contributed by atoms with Crippen LogP contribution in [-0.2, 0) is 14.9 Å². The summed E-state index contributed by atoms with van der Waals surface area (Å²) in [5.74, 6) is -0.157. The SMILES string of the molecule is C=C(CCCC(=O)OC)c1ccc(C(C)(C)C)cc1. The van der Waals surface area contributed by atoms with E-state index in [1.165, 1.54) is 12.7 Å². The molecule has 1 aromatic rings. The van der Waals surface area contributed by atoms with E-state index in [4.69, 9.17) is 0 Å². The zero-order valence-electron chi connectivity index (χ0n) is 12.5. The molecular weight excluding hydrogens is 236 g/mol. The number of allylic oxidation sites excluding steroid dienone is 1. The highest BCUT2D eigenvalue weighted by atomic mass is 16.5. The van der Waals surface area contributed by atoms with E-state index in [1.807, 2.05) is 0 Å². The number of hydrogen-bond donors (Lipinski definition) is 0. The number of methoxy groups -OCH3 is 1. The van der Waals surface area contributed by atoms with Crippen LogP contribution in [-0.4, -0.2) is 13.1 Å². The first-order chi connectivity index (χ1) is 8.84. The first-order valence-electron chi connectivity index (χ1n) is 6.70. The Bertz CT molecular complexity index is 435. The van der Waals surface area contributed by atoms with E-state index >= 15 is 0 Å². The highest BCUT2D eigenvalue weighted by Gasteiger charge is 2.13. The van der Waals surface area contributed by atoms with Crippen molar-refractivity contribution in [2.24, 2.45) is 0 Å². The smallest absolute Gasteiger partial charge is 0.305 e. The summed E-state index contributed by atoms with van der Waals surface area (Å²) < 4.78 is 4.62. The summed E-state index contributed by atoms with van der Waals surface area (Å²) in [5.41, 5.74) is 3.71. The largest absolute Gasteiger partial charge is 0.469 e. The third-order valence-electron chi connectivity index (χ3n) is 3.25. The molecule has 0 aliphatic carbocycles. The highest BCUT2D eigenvalue weighted by molar-refractivity contribution is 5.70. The Labute approximate surface area is 116 Å². The van der Waals surface area contributed by atoms with Crippen LogP contribution in [0, 0.1) is 0 Å². The minimum atomic E-state index is -0.157. The number of carbonyl (C=O) groups is 1. The molecule has 2 nitrogen and oxygen atoms in total. The van der Waals surface area contributed by atoms with E-state index in [2.05, 4.69) is 56.4 Å². The molecule has 0 saturated heterocycles. The first kappa shape index (κ1) is 15.5. The maximum Gasteiger partial charge on any atom is 0.305 e. The lowest BCUT2D eigenvalue weighted by Gasteiger charge is -2.19. The molecule has 0 heterocycles. The lowest BCUT2D eigenvalue weighted by molar-refractivity contribution is -0.140. The number of ether oxygens (including phenoxy) is 1. The summed E-state index contributed by atoms with van der Waals surface area (Å²) in [6.45, 7) is 10.7. The number of carbonyl (C=O) groups excluding carboxylic acids is 1. The Hall–Kier alpha value is -1.57. The van der Waals surface area contributed by atoms with Gasteiger partial charge in [0.15, 0.2) is 0 Å². The standard InChI is InChI=1S/C17H24O2/c1-13(7-6-8-16(18)19-5)14-9-11-15(12-10-14)17(2,3)4/h9-12H,1,6-8H2,2-5H3. The van der Waals surface area contributed by atoms with E-state index in [0.717, 1.165) is 24.0 Å². The maximum absolute atomic E-state index is 11.0. The van der Waals surface area contributed by atoms with E-state index in [1.54, 1.807) is 0 Å². The van der Waals surface area contributed by atoms with Crippen molar-refractivity contribution in [1.82, 2.24) is 0 Å². The second-order valence-electron chi connectivity index (χ2n) is 5.86. The van der Waals surface area contributed by atoms with Gasteiger partial charge in [0.05, 0.1) is 7.11 Å². The minimum Gasteiger partial charge on any atom is -0.469 e. The summed E-state index contributed by atoms with van der Waals surface area (Å²) in [5, 5.41) is 0. The average Bonchev–Trinajstić information content (AvgIpc) is 2.37. The van der Waals surface area contributed by atoms with E-state index in [0.29, 0.717) is 6.42 Å². The molecule has 0 spiro atoms. The van der Waals surface area contributed by atoms with Gasteiger partial charge in [0.1, 0.15) is 0 Å². The lowest BCUT2D eigenvalue weighted by atomic mass is 9.86. The zero-order chi connectivity index (χ0) is 14.5.